The van der Waals surface area contributed by atoms with Gasteiger partial charge in [-0.25, -0.2) is 0 Å². The molecule has 0 bridgehead atoms. The first-order valence-electron chi connectivity index (χ1n) is 8.68. The Balaban J connectivity index is 1.69. The predicted octanol–water partition coefficient (Wildman–Crippen LogP) is 2.14. The highest BCUT2D eigenvalue weighted by Crippen LogP contribution is 2.26. The molecule has 0 atom stereocenters. The summed E-state index contributed by atoms with van der Waals surface area (Å²) in [6.45, 7) is 8.44. The number of thioether (sulfide) groups is 1. The number of nitrogens with zero attached hydrogens (tertiary/aromatic N) is 5. The van der Waals surface area contributed by atoms with Crippen molar-refractivity contribution in [2.24, 2.45) is 0 Å². The van der Waals surface area contributed by atoms with Crippen LogP contribution in [0.3, 0.4) is 0 Å². The van der Waals surface area contributed by atoms with E-state index in [0.717, 1.165) is 49.3 Å². The van der Waals surface area contributed by atoms with Gasteiger partial charge in [-0.1, -0.05) is 36.0 Å². The van der Waals surface area contributed by atoms with Crippen LogP contribution in [-0.2, 0) is 11.3 Å². The van der Waals surface area contributed by atoms with Crippen molar-refractivity contribution in [1.82, 2.24) is 24.6 Å². The number of carbonyl (C=O) groups excluding carboxylic acids is 1. The summed E-state index contributed by atoms with van der Waals surface area (Å²) in [5, 5.41) is 9.52. The Hall–Kier alpha value is -1.86. The normalized spacial score (nSPS) is 15.6. The van der Waals surface area contributed by atoms with E-state index >= 15 is 0 Å². The highest BCUT2D eigenvalue weighted by molar-refractivity contribution is 7.99. The van der Waals surface area contributed by atoms with E-state index in [1.54, 1.807) is 0 Å². The third kappa shape index (κ3) is 4.04. The van der Waals surface area contributed by atoms with Crippen LogP contribution >= 0.6 is 11.8 Å². The maximum absolute atomic E-state index is 12.4. The number of aromatic nitrogens is 3. The number of aryl methyl sites for hydroxylation is 1. The second-order valence-corrected chi connectivity index (χ2v) is 7.28. The minimum Gasteiger partial charge on any atom is -0.339 e. The van der Waals surface area contributed by atoms with E-state index in [9.17, 15) is 4.79 Å². The molecule has 25 heavy (non-hydrogen) atoms. The largest absolute Gasteiger partial charge is 0.339 e. The van der Waals surface area contributed by atoms with Gasteiger partial charge in [0.25, 0.3) is 0 Å². The number of carbonyl (C=O) groups is 1. The molecular weight excluding hydrogens is 334 g/mol. The van der Waals surface area contributed by atoms with Crippen LogP contribution in [0.1, 0.15) is 12.5 Å². The Morgan fingerprint density at radius 1 is 1.16 bits per heavy atom. The summed E-state index contributed by atoms with van der Waals surface area (Å²) in [4.78, 5) is 16.6. The summed E-state index contributed by atoms with van der Waals surface area (Å²) in [6.07, 6.45) is 0. The third-order valence-electron chi connectivity index (χ3n) is 4.60. The number of piperazine rings is 1. The van der Waals surface area contributed by atoms with Gasteiger partial charge in [0.05, 0.1) is 5.75 Å². The lowest BCUT2D eigenvalue weighted by Gasteiger charge is -2.32. The maximum atomic E-state index is 12.4. The van der Waals surface area contributed by atoms with Gasteiger partial charge in [-0.3, -0.25) is 4.79 Å². The maximum Gasteiger partial charge on any atom is 0.233 e. The molecule has 0 N–H and O–H groups in total. The zero-order chi connectivity index (χ0) is 17.8. The van der Waals surface area contributed by atoms with Crippen molar-refractivity contribution < 1.29 is 4.79 Å². The molecule has 0 aliphatic carbocycles. The van der Waals surface area contributed by atoms with Gasteiger partial charge in [0.15, 0.2) is 11.0 Å². The number of hydrogen-bond donors (Lipinski definition) is 0. The molecular formula is C18H25N5OS. The summed E-state index contributed by atoms with van der Waals surface area (Å²) in [6, 6.07) is 8.18. The van der Waals surface area contributed by atoms with Crippen LogP contribution in [0, 0.1) is 6.92 Å². The molecule has 2 aromatic rings. The molecule has 0 saturated carbocycles. The van der Waals surface area contributed by atoms with E-state index in [2.05, 4.69) is 52.7 Å². The van der Waals surface area contributed by atoms with Gasteiger partial charge in [0.2, 0.25) is 5.91 Å². The lowest BCUT2D eigenvalue weighted by Crippen LogP contribution is -2.47. The van der Waals surface area contributed by atoms with Crippen LogP contribution < -0.4 is 0 Å². The number of hydrogen-bond acceptors (Lipinski definition) is 5. The van der Waals surface area contributed by atoms with Gasteiger partial charge < -0.3 is 14.4 Å². The van der Waals surface area contributed by atoms with Crippen molar-refractivity contribution in [3.63, 3.8) is 0 Å². The van der Waals surface area contributed by atoms with E-state index < -0.39 is 0 Å². The van der Waals surface area contributed by atoms with Crippen LogP contribution in [0.5, 0.6) is 0 Å². The monoisotopic (exact) mass is 359 g/mol. The molecule has 0 unspecified atom stereocenters. The van der Waals surface area contributed by atoms with Gasteiger partial charge in [0, 0.05) is 38.3 Å². The number of likely N-dealkylation sites (N-methyl/N-ethyl adjacent to an activating group) is 1. The molecule has 3 rings (SSSR count). The smallest absolute Gasteiger partial charge is 0.233 e. The van der Waals surface area contributed by atoms with E-state index in [0.29, 0.717) is 5.75 Å². The molecule has 1 aliphatic rings. The molecule has 1 amide bonds. The van der Waals surface area contributed by atoms with Crippen LogP contribution in [0.2, 0.25) is 0 Å². The lowest BCUT2D eigenvalue weighted by molar-refractivity contribution is -0.129. The Morgan fingerprint density at radius 3 is 2.56 bits per heavy atom. The average molecular weight is 359 g/mol. The van der Waals surface area contributed by atoms with E-state index in [-0.39, 0.29) is 5.91 Å². The van der Waals surface area contributed by atoms with E-state index in [1.807, 2.05) is 17.0 Å². The van der Waals surface area contributed by atoms with Gasteiger partial charge in [-0.05, 0) is 26.5 Å². The fourth-order valence-corrected chi connectivity index (χ4v) is 3.88. The molecule has 0 radical (unpaired) electrons. The molecule has 1 aliphatic heterocycles. The first-order valence-corrected chi connectivity index (χ1v) is 9.67. The van der Waals surface area contributed by atoms with Gasteiger partial charge >= 0.3 is 0 Å². The topological polar surface area (TPSA) is 54.3 Å². The minimum absolute atomic E-state index is 0.182. The Labute approximate surface area is 153 Å². The molecule has 1 saturated heterocycles. The summed E-state index contributed by atoms with van der Waals surface area (Å²) < 4.78 is 2.09. The summed E-state index contributed by atoms with van der Waals surface area (Å²) >= 11 is 1.48. The Bertz CT molecular complexity index is 737. The third-order valence-corrected chi connectivity index (χ3v) is 5.55. The van der Waals surface area contributed by atoms with Crippen molar-refractivity contribution in [1.29, 1.82) is 0 Å². The summed E-state index contributed by atoms with van der Waals surface area (Å²) in [5.74, 6) is 1.46. The molecule has 0 spiro atoms. The number of rotatable bonds is 5. The molecule has 6 nitrogen and oxygen atoms in total. The van der Waals surface area contributed by atoms with Gasteiger partial charge in [0.1, 0.15) is 0 Å². The predicted molar refractivity (Wildman–Crippen MR) is 101 cm³/mol. The van der Waals surface area contributed by atoms with Crippen LogP contribution in [0.25, 0.3) is 11.4 Å². The standard InChI is InChI=1S/C18H25N5OS/c1-4-23-17(15-8-6-5-7-14(15)2)19-20-18(23)25-13-16(24)22-11-9-21(3)10-12-22/h5-8H,4,9-13H2,1-3H3. The first kappa shape index (κ1) is 17.9. The fraction of sp³-hybridized carbons (Fsp3) is 0.500. The van der Waals surface area contributed by atoms with Crippen molar-refractivity contribution in [3.05, 3.63) is 29.8 Å². The molecule has 134 valence electrons. The highest BCUT2D eigenvalue weighted by Gasteiger charge is 2.21. The quantitative estimate of drug-likeness (QED) is 0.766. The Kier molecular flexibility index (Phi) is 5.75. The van der Waals surface area contributed by atoms with E-state index in [4.69, 9.17) is 0 Å². The summed E-state index contributed by atoms with van der Waals surface area (Å²) in [5.41, 5.74) is 2.27. The molecule has 1 aromatic carbocycles. The van der Waals surface area contributed by atoms with Crippen LogP contribution in [0.4, 0.5) is 0 Å². The Morgan fingerprint density at radius 2 is 1.88 bits per heavy atom. The van der Waals surface area contributed by atoms with Gasteiger partial charge in [-0.15, -0.1) is 10.2 Å². The molecule has 2 heterocycles. The van der Waals surface area contributed by atoms with Crippen molar-refractivity contribution in [3.8, 4) is 11.4 Å². The zero-order valence-electron chi connectivity index (χ0n) is 15.1. The number of benzene rings is 1. The van der Waals surface area contributed by atoms with Crippen molar-refractivity contribution in [2.45, 2.75) is 25.5 Å². The summed E-state index contributed by atoms with van der Waals surface area (Å²) in [7, 11) is 2.09. The molecule has 7 heteroatoms. The zero-order valence-corrected chi connectivity index (χ0v) is 15.9. The van der Waals surface area contributed by atoms with Crippen molar-refractivity contribution in [2.75, 3.05) is 39.0 Å². The minimum atomic E-state index is 0.182. The highest BCUT2D eigenvalue weighted by atomic mass is 32.2. The van der Waals surface area contributed by atoms with E-state index in [1.165, 1.54) is 17.3 Å². The number of amides is 1. The second kappa shape index (κ2) is 8.01. The average Bonchev–Trinajstić information content (AvgIpc) is 3.03. The molecule has 1 fully saturated rings. The fourth-order valence-electron chi connectivity index (χ4n) is 2.98. The van der Waals surface area contributed by atoms with Crippen LogP contribution in [-0.4, -0.2) is 69.5 Å². The van der Waals surface area contributed by atoms with Gasteiger partial charge in [-0.2, -0.15) is 0 Å². The first-order chi connectivity index (χ1) is 12.1. The van der Waals surface area contributed by atoms with Crippen molar-refractivity contribution >= 4 is 17.7 Å². The van der Waals surface area contributed by atoms with Crippen LogP contribution in [0.15, 0.2) is 29.4 Å². The second-order valence-electron chi connectivity index (χ2n) is 6.34. The lowest BCUT2D eigenvalue weighted by atomic mass is 10.1. The molecule has 1 aromatic heterocycles. The SMILES string of the molecule is CCn1c(SCC(=O)N2CCN(C)CC2)nnc1-c1ccccc1C.